The van der Waals surface area contributed by atoms with Gasteiger partial charge in [0, 0.05) is 25.7 Å². The molecule has 2 heterocycles. The van der Waals surface area contributed by atoms with Gasteiger partial charge in [0.15, 0.2) is 5.75 Å². The third-order valence-electron chi connectivity index (χ3n) is 4.26. The van der Waals surface area contributed by atoms with Crippen LogP contribution in [0.1, 0.15) is 25.6 Å². The summed E-state index contributed by atoms with van der Waals surface area (Å²) in [6.07, 6.45) is 1.77. The lowest BCUT2D eigenvalue weighted by Gasteiger charge is -2.45. The van der Waals surface area contributed by atoms with E-state index >= 15 is 0 Å². The van der Waals surface area contributed by atoms with E-state index in [4.69, 9.17) is 9.47 Å². The van der Waals surface area contributed by atoms with E-state index < -0.39 is 0 Å². The zero-order chi connectivity index (χ0) is 14.8. The first-order chi connectivity index (χ1) is 9.52. The van der Waals surface area contributed by atoms with Crippen LogP contribution < -0.4 is 10.1 Å². The van der Waals surface area contributed by atoms with E-state index in [0.29, 0.717) is 0 Å². The topological polar surface area (TPSA) is 51.5 Å². The third-order valence-corrected chi connectivity index (χ3v) is 4.26. The summed E-state index contributed by atoms with van der Waals surface area (Å²) in [5, 5.41) is 7.76. The molecule has 1 aliphatic rings. The van der Waals surface area contributed by atoms with E-state index in [2.05, 4.69) is 29.2 Å². The van der Waals surface area contributed by atoms with Crippen molar-refractivity contribution in [2.45, 2.75) is 25.4 Å². The van der Waals surface area contributed by atoms with Crippen molar-refractivity contribution in [3.05, 3.63) is 11.9 Å². The van der Waals surface area contributed by atoms with Gasteiger partial charge in [-0.05, 0) is 20.9 Å². The van der Waals surface area contributed by atoms with Crippen LogP contribution in [0.4, 0.5) is 0 Å². The van der Waals surface area contributed by atoms with Gasteiger partial charge in [0.25, 0.3) is 0 Å². The number of likely N-dealkylation sites (N-methyl/N-ethyl adjacent to an activating group) is 1. The molecule has 1 atom stereocenters. The number of hydrogen-bond acceptors (Lipinski definition) is 5. The number of aromatic nitrogens is 2. The summed E-state index contributed by atoms with van der Waals surface area (Å²) in [6, 6.07) is 0.128. The minimum atomic E-state index is -0.0559. The Morgan fingerprint density at radius 1 is 1.40 bits per heavy atom. The van der Waals surface area contributed by atoms with Crippen LogP contribution in [0.25, 0.3) is 0 Å². The van der Waals surface area contributed by atoms with E-state index in [1.165, 1.54) is 0 Å². The van der Waals surface area contributed by atoms with Crippen LogP contribution in [0.3, 0.4) is 0 Å². The van der Waals surface area contributed by atoms with Crippen LogP contribution in [0.15, 0.2) is 6.20 Å². The maximum Gasteiger partial charge on any atom is 0.161 e. The van der Waals surface area contributed by atoms with Crippen molar-refractivity contribution >= 4 is 0 Å². The lowest BCUT2D eigenvalue weighted by molar-refractivity contribution is -0.0241. The highest BCUT2D eigenvalue weighted by molar-refractivity contribution is 5.30. The highest BCUT2D eigenvalue weighted by Crippen LogP contribution is 2.35. The smallest absolute Gasteiger partial charge is 0.161 e. The number of methoxy groups -OCH3 is 1. The lowest BCUT2D eigenvalue weighted by Crippen LogP contribution is -2.56. The van der Waals surface area contributed by atoms with Crippen molar-refractivity contribution in [1.82, 2.24) is 20.0 Å². The molecule has 0 spiro atoms. The number of nitrogens with one attached hydrogen (secondary N) is 1. The van der Waals surface area contributed by atoms with E-state index in [0.717, 1.165) is 37.7 Å². The SMILES string of the molecule is CNC(c1c(OC)cnn1C)C(C)(C)N1CCOCC1. The number of rotatable bonds is 5. The quantitative estimate of drug-likeness (QED) is 0.866. The highest BCUT2D eigenvalue weighted by atomic mass is 16.5. The number of hydrogen-bond donors (Lipinski definition) is 1. The standard InChI is InChI=1S/C14H26N4O2/c1-14(2,18-6-8-20-9-7-18)13(15-3)12-11(19-5)10-16-17(12)4/h10,13,15H,6-9H2,1-5H3. The molecule has 1 aromatic rings. The number of ether oxygens (including phenoxy) is 2. The monoisotopic (exact) mass is 282 g/mol. The van der Waals surface area contributed by atoms with Gasteiger partial charge in [0.2, 0.25) is 0 Å². The molecule has 1 fully saturated rings. The van der Waals surface area contributed by atoms with Gasteiger partial charge in [0.1, 0.15) is 0 Å². The molecule has 1 unspecified atom stereocenters. The van der Waals surface area contributed by atoms with Crippen molar-refractivity contribution < 1.29 is 9.47 Å². The van der Waals surface area contributed by atoms with Crippen LogP contribution in [0.2, 0.25) is 0 Å². The Morgan fingerprint density at radius 2 is 2.05 bits per heavy atom. The fourth-order valence-corrected chi connectivity index (χ4v) is 3.06. The van der Waals surface area contributed by atoms with Gasteiger partial charge in [-0.15, -0.1) is 0 Å². The summed E-state index contributed by atoms with van der Waals surface area (Å²) in [4.78, 5) is 2.46. The fourth-order valence-electron chi connectivity index (χ4n) is 3.06. The minimum absolute atomic E-state index is 0.0559. The molecule has 2 rings (SSSR count). The van der Waals surface area contributed by atoms with Crippen molar-refractivity contribution in [3.63, 3.8) is 0 Å². The predicted octanol–water partition coefficient (Wildman–Crippen LogP) is 0.800. The molecule has 0 amide bonds. The first-order valence-electron chi connectivity index (χ1n) is 7.08. The Bertz CT molecular complexity index is 438. The molecule has 1 N–H and O–H groups in total. The summed E-state index contributed by atoms with van der Waals surface area (Å²) in [5.41, 5.74) is 1.02. The highest BCUT2D eigenvalue weighted by Gasteiger charge is 2.39. The van der Waals surface area contributed by atoms with Crippen molar-refractivity contribution in [2.24, 2.45) is 7.05 Å². The van der Waals surface area contributed by atoms with Gasteiger partial charge in [0.05, 0.1) is 38.3 Å². The van der Waals surface area contributed by atoms with E-state index in [9.17, 15) is 0 Å². The normalized spacial score (nSPS) is 19.1. The summed E-state index contributed by atoms with van der Waals surface area (Å²) < 4.78 is 12.8. The second kappa shape index (κ2) is 6.11. The molecule has 20 heavy (non-hydrogen) atoms. The first kappa shape index (κ1) is 15.3. The second-order valence-electron chi connectivity index (χ2n) is 5.70. The Morgan fingerprint density at radius 3 is 2.60 bits per heavy atom. The molecule has 0 aliphatic carbocycles. The molecule has 1 aromatic heterocycles. The maximum absolute atomic E-state index is 5.46. The van der Waals surface area contributed by atoms with Crippen LogP contribution in [-0.2, 0) is 11.8 Å². The molecule has 0 saturated carbocycles. The molecule has 1 aliphatic heterocycles. The molecular formula is C14H26N4O2. The van der Waals surface area contributed by atoms with Gasteiger partial charge >= 0.3 is 0 Å². The Labute approximate surface area is 121 Å². The van der Waals surface area contributed by atoms with E-state index in [-0.39, 0.29) is 11.6 Å². The Balaban J connectivity index is 2.32. The van der Waals surface area contributed by atoms with Crippen LogP contribution in [0.5, 0.6) is 5.75 Å². The van der Waals surface area contributed by atoms with Gasteiger partial charge in [-0.1, -0.05) is 0 Å². The average Bonchev–Trinajstić information content (AvgIpc) is 2.82. The summed E-state index contributed by atoms with van der Waals surface area (Å²) in [5.74, 6) is 0.827. The maximum atomic E-state index is 5.46. The summed E-state index contributed by atoms with van der Waals surface area (Å²) in [7, 11) is 5.63. The van der Waals surface area contributed by atoms with Gasteiger partial charge in [-0.2, -0.15) is 5.10 Å². The number of morpholine rings is 1. The van der Waals surface area contributed by atoms with Crippen LogP contribution >= 0.6 is 0 Å². The zero-order valence-electron chi connectivity index (χ0n) is 13.1. The van der Waals surface area contributed by atoms with Gasteiger partial charge in [-0.3, -0.25) is 9.58 Å². The third kappa shape index (κ3) is 2.68. The second-order valence-corrected chi connectivity index (χ2v) is 5.70. The van der Waals surface area contributed by atoms with Gasteiger partial charge < -0.3 is 14.8 Å². The Kier molecular flexibility index (Phi) is 4.67. The number of aryl methyl sites for hydroxylation is 1. The zero-order valence-corrected chi connectivity index (χ0v) is 13.1. The molecule has 1 saturated heterocycles. The molecular weight excluding hydrogens is 256 g/mol. The molecule has 6 nitrogen and oxygen atoms in total. The number of nitrogens with zero attached hydrogens (tertiary/aromatic N) is 3. The molecule has 0 bridgehead atoms. The van der Waals surface area contributed by atoms with Crippen LogP contribution in [-0.4, -0.2) is 60.7 Å². The van der Waals surface area contributed by atoms with Crippen LogP contribution in [0, 0.1) is 0 Å². The molecule has 0 radical (unpaired) electrons. The molecule has 0 aromatic carbocycles. The first-order valence-corrected chi connectivity index (χ1v) is 7.08. The fraction of sp³-hybridized carbons (Fsp3) is 0.786. The lowest BCUT2D eigenvalue weighted by atomic mass is 9.89. The van der Waals surface area contributed by atoms with Crippen molar-refractivity contribution in [3.8, 4) is 5.75 Å². The summed E-state index contributed by atoms with van der Waals surface area (Å²) in [6.45, 7) is 8.00. The average molecular weight is 282 g/mol. The van der Waals surface area contributed by atoms with Gasteiger partial charge in [-0.25, -0.2) is 0 Å². The molecule has 114 valence electrons. The summed E-state index contributed by atoms with van der Waals surface area (Å²) >= 11 is 0. The van der Waals surface area contributed by atoms with E-state index in [1.54, 1.807) is 13.3 Å². The Hall–Kier alpha value is -1.11. The molecule has 6 heteroatoms. The minimum Gasteiger partial charge on any atom is -0.493 e. The largest absolute Gasteiger partial charge is 0.493 e. The van der Waals surface area contributed by atoms with Crippen molar-refractivity contribution in [2.75, 3.05) is 40.5 Å². The van der Waals surface area contributed by atoms with E-state index in [1.807, 2.05) is 18.8 Å². The predicted molar refractivity (Wildman–Crippen MR) is 78.0 cm³/mol. The van der Waals surface area contributed by atoms with Crippen molar-refractivity contribution in [1.29, 1.82) is 0 Å².